The monoisotopic (exact) mass is 626 g/mol. The van der Waals surface area contributed by atoms with Crippen LogP contribution in [-0.2, 0) is 0 Å². The molecule has 0 N–H and O–H groups in total. The number of hydrogen-bond donors (Lipinski definition) is 0. The second-order valence-electron chi connectivity index (χ2n) is 12.6. The van der Waals surface area contributed by atoms with Gasteiger partial charge in [0.2, 0.25) is 5.95 Å². The van der Waals surface area contributed by atoms with Gasteiger partial charge in [0.25, 0.3) is 0 Å². The minimum absolute atomic E-state index is 0.603. The van der Waals surface area contributed by atoms with E-state index in [-0.39, 0.29) is 0 Å². The van der Waals surface area contributed by atoms with Crippen molar-refractivity contribution in [1.82, 2.24) is 19.1 Å². The molecule has 7 aromatic carbocycles. The molecule has 0 bridgehead atoms. The predicted octanol–water partition coefficient (Wildman–Crippen LogP) is 11.4. The standard InChI is InChI=1S/C44H26N4O/c1-3-14-28(15-4-1)38-43-39(35-24-23-27-13-7-8-18-30(27)42(35)49-43)46-44(45-38)48-37-22-12-10-20-32(37)34-26-25-33-31-19-9-11-21-36(31)47(40(33)41(34)48)29-16-5-2-6-17-29/h1-26H. The van der Waals surface area contributed by atoms with E-state index >= 15 is 0 Å². The summed E-state index contributed by atoms with van der Waals surface area (Å²) in [4.78, 5) is 10.8. The first kappa shape index (κ1) is 26.4. The van der Waals surface area contributed by atoms with Gasteiger partial charge in [0, 0.05) is 43.6 Å². The van der Waals surface area contributed by atoms with Crippen LogP contribution in [0, 0.1) is 0 Å². The van der Waals surface area contributed by atoms with Crippen LogP contribution in [-0.4, -0.2) is 19.1 Å². The number of nitrogens with zero attached hydrogens (tertiary/aromatic N) is 4. The summed E-state index contributed by atoms with van der Waals surface area (Å²) in [6, 6.07) is 55.3. The number of furan rings is 1. The van der Waals surface area contributed by atoms with Gasteiger partial charge in [-0.1, -0.05) is 127 Å². The van der Waals surface area contributed by atoms with Crippen LogP contribution in [0.4, 0.5) is 0 Å². The second kappa shape index (κ2) is 9.89. The van der Waals surface area contributed by atoms with Crippen molar-refractivity contribution in [2.75, 3.05) is 0 Å². The molecule has 0 saturated heterocycles. The molecule has 11 aromatic rings. The summed E-state index contributed by atoms with van der Waals surface area (Å²) in [5.41, 5.74) is 9.54. The van der Waals surface area contributed by atoms with Crippen LogP contribution in [0.5, 0.6) is 0 Å². The minimum Gasteiger partial charge on any atom is -0.451 e. The van der Waals surface area contributed by atoms with Crippen LogP contribution in [0.1, 0.15) is 0 Å². The molecular weight excluding hydrogens is 601 g/mol. The number of para-hydroxylation sites is 3. The lowest BCUT2D eigenvalue weighted by molar-refractivity contribution is 0.670. The van der Waals surface area contributed by atoms with Crippen LogP contribution in [0.15, 0.2) is 162 Å². The van der Waals surface area contributed by atoms with E-state index in [2.05, 4.69) is 149 Å². The van der Waals surface area contributed by atoms with E-state index in [1.807, 2.05) is 18.2 Å². The zero-order valence-electron chi connectivity index (χ0n) is 26.2. The molecule has 228 valence electrons. The Morgan fingerprint density at radius 3 is 1.71 bits per heavy atom. The molecule has 4 aromatic heterocycles. The van der Waals surface area contributed by atoms with Gasteiger partial charge < -0.3 is 8.98 Å². The normalized spacial score (nSPS) is 12.1. The molecule has 4 heterocycles. The van der Waals surface area contributed by atoms with Crippen LogP contribution >= 0.6 is 0 Å². The molecular formula is C44H26N4O. The van der Waals surface area contributed by atoms with Crippen LogP contribution in [0.2, 0.25) is 0 Å². The van der Waals surface area contributed by atoms with Gasteiger partial charge in [-0.15, -0.1) is 0 Å². The minimum atomic E-state index is 0.603. The van der Waals surface area contributed by atoms with Gasteiger partial charge in [-0.05, 0) is 35.7 Å². The first-order valence-electron chi connectivity index (χ1n) is 16.5. The summed E-state index contributed by atoms with van der Waals surface area (Å²) in [5, 5.41) is 7.84. The highest BCUT2D eigenvalue weighted by molar-refractivity contribution is 6.24. The van der Waals surface area contributed by atoms with E-state index in [4.69, 9.17) is 14.4 Å². The molecule has 0 unspecified atom stereocenters. The fourth-order valence-electron chi connectivity index (χ4n) is 7.80. The van der Waals surface area contributed by atoms with Crippen molar-refractivity contribution >= 4 is 76.5 Å². The Balaban J connectivity index is 1.35. The van der Waals surface area contributed by atoms with Crippen LogP contribution < -0.4 is 0 Å². The first-order chi connectivity index (χ1) is 24.3. The number of hydrogen-bond acceptors (Lipinski definition) is 3. The highest BCUT2D eigenvalue weighted by Gasteiger charge is 2.25. The van der Waals surface area contributed by atoms with Gasteiger partial charge in [-0.2, -0.15) is 0 Å². The third-order valence-corrected chi connectivity index (χ3v) is 9.92. The van der Waals surface area contributed by atoms with Crippen LogP contribution in [0.3, 0.4) is 0 Å². The third-order valence-electron chi connectivity index (χ3n) is 9.92. The summed E-state index contributed by atoms with van der Waals surface area (Å²) in [6.45, 7) is 0. The number of aromatic nitrogens is 4. The van der Waals surface area contributed by atoms with E-state index in [0.717, 1.165) is 77.0 Å². The van der Waals surface area contributed by atoms with Gasteiger partial charge in [0.1, 0.15) is 16.8 Å². The predicted molar refractivity (Wildman–Crippen MR) is 201 cm³/mol. The Morgan fingerprint density at radius 1 is 0.408 bits per heavy atom. The number of benzene rings is 7. The average Bonchev–Trinajstić information content (AvgIpc) is 3.83. The SMILES string of the molecule is c1ccc(-c2nc(-n3c4ccccc4c4ccc5c6ccccc6n(-c6ccccc6)c5c43)nc3c2oc2c4ccccc4ccc32)cc1. The molecule has 0 amide bonds. The molecule has 0 aliphatic carbocycles. The lowest BCUT2D eigenvalue weighted by Gasteiger charge is -2.12. The van der Waals surface area contributed by atoms with Crippen molar-refractivity contribution in [3.8, 4) is 22.9 Å². The largest absolute Gasteiger partial charge is 0.451 e. The van der Waals surface area contributed by atoms with Gasteiger partial charge in [-0.3, -0.25) is 4.57 Å². The Bertz CT molecular complexity index is 3100. The third kappa shape index (κ3) is 3.64. The van der Waals surface area contributed by atoms with E-state index < -0.39 is 0 Å². The zero-order chi connectivity index (χ0) is 32.1. The molecule has 0 radical (unpaired) electrons. The maximum Gasteiger partial charge on any atom is 0.236 e. The van der Waals surface area contributed by atoms with E-state index in [1.54, 1.807) is 0 Å². The Labute approximate surface area is 279 Å². The summed E-state index contributed by atoms with van der Waals surface area (Å²) in [5.74, 6) is 0.603. The molecule has 0 fully saturated rings. The first-order valence-corrected chi connectivity index (χ1v) is 16.5. The summed E-state index contributed by atoms with van der Waals surface area (Å²) < 4.78 is 11.4. The topological polar surface area (TPSA) is 48.8 Å². The Kier molecular flexibility index (Phi) is 5.32. The second-order valence-corrected chi connectivity index (χ2v) is 12.6. The number of fused-ring (bicyclic) bond motifs is 12. The van der Waals surface area contributed by atoms with Crippen LogP contribution in [0.25, 0.3) is 99.3 Å². The Hall–Kier alpha value is -6.72. The van der Waals surface area contributed by atoms with Gasteiger partial charge in [-0.25, -0.2) is 9.97 Å². The smallest absolute Gasteiger partial charge is 0.236 e. The van der Waals surface area contributed by atoms with E-state index in [0.29, 0.717) is 11.5 Å². The van der Waals surface area contributed by atoms with E-state index in [9.17, 15) is 0 Å². The van der Waals surface area contributed by atoms with E-state index in [1.165, 1.54) is 10.8 Å². The van der Waals surface area contributed by atoms with Crippen molar-refractivity contribution < 1.29 is 4.42 Å². The van der Waals surface area contributed by atoms with Crippen molar-refractivity contribution in [2.45, 2.75) is 0 Å². The summed E-state index contributed by atoms with van der Waals surface area (Å²) in [7, 11) is 0. The molecule has 49 heavy (non-hydrogen) atoms. The molecule has 0 atom stereocenters. The fourth-order valence-corrected chi connectivity index (χ4v) is 7.80. The fraction of sp³-hybridized carbons (Fsp3) is 0. The summed E-state index contributed by atoms with van der Waals surface area (Å²) >= 11 is 0. The average molecular weight is 627 g/mol. The van der Waals surface area contributed by atoms with Crippen molar-refractivity contribution in [1.29, 1.82) is 0 Å². The van der Waals surface area contributed by atoms with Crippen molar-refractivity contribution in [3.05, 3.63) is 158 Å². The molecule has 5 nitrogen and oxygen atoms in total. The lowest BCUT2D eigenvalue weighted by Crippen LogP contribution is -2.04. The lowest BCUT2D eigenvalue weighted by atomic mass is 10.1. The molecule has 11 rings (SSSR count). The van der Waals surface area contributed by atoms with Gasteiger partial charge in [0.15, 0.2) is 5.58 Å². The van der Waals surface area contributed by atoms with Crippen molar-refractivity contribution in [3.63, 3.8) is 0 Å². The summed E-state index contributed by atoms with van der Waals surface area (Å²) in [6.07, 6.45) is 0. The van der Waals surface area contributed by atoms with Gasteiger partial charge in [0.05, 0.1) is 22.1 Å². The molecule has 5 heteroatoms. The van der Waals surface area contributed by atoms with Crippen molar-refractivity contribution in [2.24, 2.45) is 0 Å². The maximum atomic E-state index is 6.75. The Morgan fingerprint density at radius 2 is 0.980 bits per heavy atom. The molecule has 0 aliphatic rings. The highest BCUT2D eigenvalue weighted by Crippen LogP contribution is 2.43. The molecule has 0 saturated carbocycles. The quantitative estimate of drug-likeness (QED) is 0.196. The number of rotatable bonds is 3. The molecule has 0 aliphatic heterocycles. The molecule has 0 spiro atoms. The zero-order valence-corrected chi connectivity index (χ0v) is 26.2. The highest BCUT2D eigenvalue weighted by atomic mass is 16.3. The van der Waals surface area contributed by atoms with Gasteiger partial charge >= 0.3 is 0 Å². The maximum absolute atomic E-state index is 6.75.